The van der Waals surface area contributed by atoms with Gasteiger partial charge < -0.3 is 0 Å². The molecule has 2 nitrogen and oxygen atoms in total. The van der Waals surface area contributed by atoms with Crippen LogP contribution in [-0.4, -0.2) is 9.97 Å². The fourth-order valence-corrected chi connectivity index (χ4v) is 2.77. The Morgan fingerprint density at radius 3 is 2.50 bits per heavy atom. The van der Waals surface area contributed by atoms with Crippen molar-refractivity contribution in [3.63, 3.8) is 0 Å². The lowest BCUT2D eigenvalue weighted by Gasteiger charge is -2.21. The van der Waals surface area contributed by atoms with E-state index < -0.39 is 0 Å². The van der Waals surface area contributed by atoms with Crippen molar-refractivity contribution >= 4 is 15.9 Å². The Hall–Kier alpha value is -0.440. The third kappa shape index (κ3) is 2.82. The molecule has 1 saturated carbocycles. The predicted octanol–water partition coefficient (Wildman–Crippen LogP) is 4.41. The first-order chi connectivity index (χ1) is 7.66. The van der Waals surface area contributed by atoms with Crippen LogP contribution in [0.25, 0.3) is 0 Å². The summed E-state index contributed by atoms with van der Waals surface area (Å²) in [6, 6.07) is 2.20. The highest BCUT2D eigenvalue weighted by atomic mass is 79.9. The number of halogens is 1. The first-order valence-electron chi connectivity index (χ1n) is 6.21. The van der Waals surface area contributed by atoms with E-state index in [-0.39, 0.29) is 0 Å². The molecule has 16 heavy (non-hydrogen) atoms. The molecule has 0 radical (unpaired) electrons. The van der Waals surface area contributed by atoms with Gasteiger partial charge in [-0.15, -0.1) is 0 Å². The molecule has 0 aliphatic heterocycles. The maximum Gasteiger partial charge on any atom is 0.197 e. The van der Waals surface area contributed by atoms with Gasteiger partial charge in [-0.1, -0.05) is 33.1 Å². The van der Waals surface area contributed by atoms with E-state index in [1.165, 1.54) is 37.8 Å². The molecule has 88 valence electrons. The van der Waals surface area contributed by atoms with E-state index >= 15 is 0 Å². The van der Waals surface area contributed by atoms with Gasteiger partial charge in [0.1, 0.15) is 0 Å². The Balaban J connectivity index is 2.25. The average molecular weight is 283 g/mol. The van der Waals surface area contributed by atoms with E-state index in [1.807, 2.05) is 0 Å². The summed E-state index contributed by atoms with van der Waals surface area (Å²) >= 11 is 3.43. The molecule has 0 bridgehead atoms. The summed E-state index contributed by atoms with van der Waals surface area (Å²) in [6.07, 6.45) is 6.67. The molecule has 0 amide bonds. The van der Waals surface area contributed by atoms with Crippen LogP contribution in [0.15, 0.2) is 10.8 Å². The second kappa shape index (κ2) is 5.26. The molecular weight excluding hydrogens is 264 g/mol. The Kier molecular flexibility index (Phi) is 3.95. The Morgan fingerprint density at radius 1 is 1.19 bits per heavy atom. The summed E-state index contributed by atoms with van der Waals surface area (Å²) in [4.78, 5) is 8.98. The van der Waals surface area contributed by atoms with E-state index in [4.69, 9.17) is 0 Å². The van der Waals surface area contributed by atoms with Gasteiger partial charge in [0.2, 0.25) is 0 Å². The van der Waals surface area contributed by atoms with E-state index in [0.717, 1.165) is 10.4 Å². The van der Waals surface area contributed by atoms with Crippen LogP contribution in [0.5, 0.6) is 0 Å². The maximum atomic E-state index is 4.55. The van der Waals surface area contributed by atoms with Crippen molar-refractivity contribution in [2.24, 2.45) is 0 Å². The van der Waals surface area contributed by atoms with E-state index in [9.17, 15) is 0 Å². The van der Waals surface area contributed by atoms with Gasteiger partial charge in [-0.3, -0.25) is 0 Å². The highest BCUT2D eigenvalue weighted by molar-refractivity contribution is 9.10. The van der Waals surface area contributed by atoms with E-state index in [2.05, 4.69) is 45.8 Å². The summed E-state index contributed by atoms with van der Waals surface area (Å²) < 4.78 is 0.749. The standard InChI is InChI=1S/C13H19BrN2/c1-9(2)11-8-12(16-13(14)15-11)10-6-4-3-5-7-10/h8-10H,3-7H2,1-2H3. The van der Waals surface area contributed by atoms with Crippen LogP contribution in [0, 0.1) is 0 Å². The normalized spacial score (nSPS) is 18.0. The molecule has 1 aromatic rings. The summed E-state index contributed by atoms with van der Waals surface area (Å²) in [5.41, 5.74) is 2.40. The molecule has 1 aliphatic rings. The molecule has 1 fully saturated rings. The topological polar surface area (TPSA) is 25.8 Å². The maximum absolute atomic E-state index is 4.55. The van der Waals surface area contributed by atoms with Crippen LogP contribution in [-0.2, 0) is 0 Å². The average Bonchev–Trinajstić information content (AvgIpc) is 2.29. The molecular formula is C13H19BrN2. The van der Waals surface area contributed by atoms with Crippen molar-refractivity contribution in [2.45, 2.75) is 57.8 Å². The van der Waals surface area contributed by atoms with Gasteiger partial charge in [0, 0.05) is 17.3 Å². The number of hydrogen-bond donors (Lipinski definition) is 0. The molecule has 0 saturated heterocycles. The minimum Gasteiger partial charge on any atom is -0.227 e. The van der Waals surface area contributed by atoms with Crippen LogP contribution in [0.3, 0.4) is 0 Å². The molecule has 3 heteroatoms. The van der Waals surface area contributed by atoms with Crippen molar-refractivity contribution in [3.8, 4) is 0 Å². The lowest BCUT2D eigenvalue weighted by molar-refractivity contribution is 0.435. The largest absolute Gasteiger partial charge is 0.227 e. The highest BCUT2D eigenvalue weighted by Crippen LogP contribution is 2.32. The van der Waals surface area contributed by atoms with Gasteiger partial charge in [0.15, 0.2) is 4.73 Å². The lowest BCUT2D eigenvalue weighted by Crippen LogP contribution is -2.09. The van der Waals surface area contributed by atoms with Gasteiger partial charge in [-0.25, -0.2) is 9.97 Å². The molecule has 1 heterocycles. The Morgan fingerprint density at radius 2 is 1.88 bits per heavy atom. The monoisotopic (exact) mass is 282 g/mol. The molecule has 0 spiro atoms. The Labute approximate surface area is 106 Å². The van der Waals surface area contributed by atoms with Crippen molar-refractivity contribution in [1.82, 2.24) is 9.97 Å². The number of aromatic nitrogens is 2. The zero-order valence-electron chi connectivity index (χ0n) is 10.0. The van der Waals surface area contributed by atoms with Crippen molar-refractivity contribution in [1.29, 1.82) is 0 Å². The SMILES string of the molecule is CC(C)c1cc(C2CCCCC2)nc(Br)n1. The van der Waals surface area contributed by atoms with Gasteiger partial charge in [-0.05, 0) is 40.8 Å². The summed E-state index contributed by atoms with van der Waals surface area (Å²) in [6.45, 7) is 4.36. The second-order valence-electron chi connectivity index (χ2n) is 4.98. The number of rotatable bonds is 2. The fourth-order valence-electron chi connectivity index (χ4n) is 2.36. The highest BCUT2D eigenvalue weighted by Gasteiger charge is 2.18. The van der Waals surface area contributed by atoms with Crippen molar-refractivity contribution < 1.29 is 0 Å². The third-order valence-electron chi connectivity index (χ3n) is 3.35. The smallest absolute Gasteiger partial charge is 0.197 e. The van der Waals surface area contributed by atoms with Crippen LogP contribution in [0.4, 0.5) is 0 Å². The molecule has 2 rings (SSSR count). The first kappa shape index (κ1) is 12.0. The first-order valence-corrected chi connectivity index (χ1v) is 7.00. The van der Waals surface area contributed by atoms with Crippen LogP contribution in [0.2, 0.25) is 0 Å². The van der Waals surface area contributed by atoms with Gasteiger partial charge in [0.25, 0.3) is 0 Å². The Bertz CT molecular complexity index is 357. The fraction of sp³-hybridized carbons (Fsp3) is 0.692. The second-order valence-corrected chi connectivity index (χ2v) is 5.69. The van der Waals surface area contributed by atoms with E-state index in [1.54, 1.807) is 0 Å². The predicted molar refractivity (Wildman–Crippen MR) is 69.6 cm³/mol. The van der Waals surface area contributed by atoms with Crippen molar-refractivity contribution in [3.05, 3.63) is 22.2 Å². The van der Waals surface area contributed by atoms with Gasteiger partial charge >= 0.3 is 0 Å². The summed E-state index contributed by atoms with van der Waals surface area (Å²) in [7, 11) is 0. The quantitative estimate of drug-likeness (QED) is 0.751. The zero-order chi connectivity index (χ0) is 11.5. The van der Waals surface area contributed by atoms with E-state index in [0.29, 0.717) is 11.8 Å². The molecule has 1 aliphatic carbocycles. The minimum absolute atomic E-state index is 0.474. The minimum atomic E-state index is 0.474. The van der Waals surface area contributed by atoms with Gasteiger partial charge in [-0.2, -0.15) is 0 Å². The molecule has 0 atom stereocenters. The van der Waals surface area contributed by atoms with Gasteiger partial charge in [0.05, 0.1) is 0 Å². The van der Waals surface area contributed by atoms with Crippen LogP contribution < -0.4 is 0 Å². The number of nitrogens with zero attached hydrogens (tertiary/aromatic N) is 2. The lowest BCUT2D eigenvalue weighted by atomic mass is 9.86. The summed E-state index contributed by atoms with van der Waals surface area (Å²) in [5, 5.41) is 0. The zero-order valence-corrected chi connectivity index (χ0v) is 11.6. The summed E-state index contributed by atoms with van der Waals surface area (Å²) in [5.74, 6) is 1.13. The molecule has 0 unspecified atom stereocenters. The van der Waals surface area contributed by atoms with Crippen LogP contribution >= 0.6 is 15.9 Å². The molecule has 1 aromatic heterocycles. The van der Waals surface area contributed by atoms with Crippen LogP contribution in [0.1, 0.15) is 69.2 Å². The number of hydrogen-bond acceptors (Lipinski definition) is 2. The molecule has 0 N–H and O–H groups in total. The third-order valence-corrected chi connectivity index (χ3v) is 3.71. The molecule has 0 aromatic carbocycles. The van der Waals surface area contributed by atoms with Crippen molar-refractivity contribution in [2.75, 3.05) is 0 Å².